The molecule has 17 heavy (non-hydrogen) atoms. The Morgan fingerprint density at radius 1 is 1.53 bits per heavy atom. The molecule has 0 N–H and O–H groups in total. The maximum absolute atomic E-state index is 6.18. The van der Waals surface area contributed by atoms with Crippen LogP contribution in [0.25, 0.3) is 0 Å². The van der Waals surface area contributed by atoms with Gasteiger partial charge in [0.2, 0.25) is 0 Å². The molecule has 2 heterocycles. The van der Waals surface area contributed by atoms with Crippen molar-refractivity contribution in [1.82, 2.24) is 14.8 Å². The first kappa shape index (κ1) is 12.9. The topological polar surface area (TPSA) is 30.7 Å². The van der Waals surface area contributed by atoms with Gasteiger partial charge in [-0.15, -0.1) is 11.8 Å². The van der Waals surface area contributed by atoms with Crippen LogP contribution in [0.5, 0.6) is 0 Å². The summed E-state index contributed by atoms with van der Waals surface area (Å²) in [6, 6.07) is 3.88. The van der Waals surface area contributed by atoms with Crippen LogP contribution in [0.3, 0.4) is 0 Å². The largest absolute Gasteiger partial charge is 0.257 e. The van der Waals surface area contributed by atoms with Crippen molar-refractivity contribution in [3.8, 4) is 0 Å². The van der Waals surface area contributed by atoms with Crippen molar-refractivity contribution in [2.45, 2.75) is 17.7 Å². The third-order valence-corrected chi connectivity index (χ3v) is 4.75. The van der Waals surface area contributed by atoms with Crippen LogP contribution < -0.4 is 0 Å². The van der Waals surface area contributed by atoms with Gasteiger partial charge >= 0.3 is 0 Å². The molecular formula is C11H11BrClN3S. The van der Waals surface area contributed by atoms with Crippen molar-refractivity contribution >= 4 is 39.3 Å². The van der Waals surface area contributed by atoms with Gasteiger partial charge in [-0.3, -0.25) is 4.68 Å². The van der Waals surface area contributed by atoms with Gasteiger partial charge in [-0.05, 0) is 35.0 Å². The van der Waals surface area contributed by atoms with Crippen molar-refractivity contribution < 1.29 is 0 Å². The van der Waals surface area contributed by atoms with Gasteiger partial charge in [-0.25, -0.2) is 4.98 Å². The van der Waals surface area contributed by atoms with E-state index in [1.165, 1.54) is 0 Å². The molecule has 0 spiro atoms. The summed E-state index contributed by atoms with van der Waals surface area (Å²) in [5.41, 5.74) is 2.04. The highest BCUT2D eigenvalue weighted by molar-refractivity contribution is 9.10. The fourth-order valence-corrected chi connectivity index (χ4v) is 3.34. The van der Waals surface area contributed by atoms with Gasteiger partial charge in [0.15, 0.2) is 0 Å². The summed E-state index contributed by atoms with van der Waals surface area (Å²) in [6.07, 6.45) is 1.78. The molecule has 0 aliphatic carbocycles. The van der Waals surface area contributed by atoms with Crippen LogP contribution in [-0.4, -0.2) is 14.8 Å². The minimum Gasteiger partial charge on any atom is -0.257 e. The Hall–Kier alpha value is -0.520. The molecule has 2 aromatic rings. The smallest absolute Gasteiger partial charge is 0.131 e. The van der Waals surface area contributed by atoms with E-state index in [2.05, 4.69) is 26.0 Å². The summed E-state index contributed by atoms with van der Waals surface area (Å²) in [7, 11) is 1.85. The van der Waals surface area contributed by atoms with Gasteiger partial charge in [0.05, 0.1) is 5.69 Å². The highest BCUT2D eigenvalue weighted by Crippen LogP contribution is 2.31. The second-order valence-corrected chi connectivity index (χ2v) is 5.73. The highest BCUT2D eigenvalue weighted by Gasteiger charge is 2.12. The molecule has 0 atom stereocenters. The average molecular weight is 333 g/mol. The summed E-state index contributed by atoms with van der Waals surface area (Å²) in [6.45, 7) is 1.97. The number of halogens is 2. The van der Waals surface area contributed by atoms with E-state index in [9.17, 15) is 0 Å². The summed E-state index contributed by atoms with van der Waals surface area (Å²) in [4.78, 5) is 4.31. The molecular weight excluding hydrogens is 322 g/mol. The second-order valence-electron chi connectivity index (χ2n) is 3.56. The molecule has 0 saturated carbocycles. The second kappa shape index (κ2) is 5.42. The lowest BCUT2D eigenvalue weighted by atomic mass is 10.3. The van der Waals surface area contributed by atoms with Gasteiger partial charge < -0.3 is 0 Å². The first-order chi connectivity index (χ1) is 8.09. The maximum atomic E-state index is 6.18. The van der Waals surface area contributed by atoms with E-state index in [-0.39, 0.29) is 0 Å². The van der Waals surface area contributed by atoms with Crippen molar-refractivity contribution in [2.24, 2.45) is 7.05 Å². The molecule has 0 unspecified atom stereocenters. The van der Waals surface area contributed by atoms with Crippen LogP contribution in [0.4, 0.5) is 0 Å². The fraction of sp³-hybridized carbons (Fsp3) is 0.273. The number of aryl methyl sites for hydroxylation is 2. The summed E-state index contributed by atoms with van der Waals surface area (Å²) in [5.74, 6) is 0.772. The lowest BCUT2D eigenvalue weighted by Crippen LogP contribution is -1.89. The Balaban J connectivity index is 2.15. The molecule has 0 radical (unpaired) electrons. The molecule has 6 heteroatoms. The number of hydrogen-bond acceptors (Lipinski definition) is 3. The van der Waals surface area contributed by atoms with Gasteiger partial charge in [0, 0.05) is 29.0 Å². The SMILES string of the molecule is Cc1nn(C)c(Cl)c1CSc1ncccc1Br. The van der Waals surface area contributed by atoms with Gasteiger partial charge in [0.25, 0.3) is 0 Å². The van der Waals surface area contributed by atoms with Gasteiger partial charge in [-0.2, -0.15) is 5.10 Å². The van der Waals surface area contributed by atoms with Crippen LogP contribution >= 0.6 is 39.3 Å². The number of aromatic nitrogens is 3. The molecule has 0 saturated heterocycles. The zero-order valence-electron chi connectivity index (χ0n) is 9.44. The third-order valence-electron chi connectivity index (χ3n) is 2.35. The molecule has 90 valence electrons. The maximum Gasteiger partial charge on any atom is 0.131 e. The predicted molar refractivity (Wildman–Crippen MR) is 74.5 cm³/mol. The van der Waals surface area contributed by atoms with Crippen molar-refractivity contribution in [3.05, 3.63) is 39.2 Å². The first-order valence-corrected chi connectivity index (χ1v) is 7.16. The zero-order valence-corrected chi connectivity index (χ0v) is 12.6. The Kier molecular flexibility index (Phi) is 4.12. The molecule has 0 aromatic carbocycles. The monoisotopic (exact) mass is 331 g/mol. The van der Waals surface area contributed by atoms with E-state index in [0.717, 1.165) is 26.5 Å². The third kappa shape index (κ3) is 2.84. The number of pyridine rings is 1. The van der Waals surface area contributed by atoms with Crippen LogP contribution in [0.2, 0.25) is 5.15 Å². The lowest BCUT2D eigenvalue weighted by Gasteiger charge is -2.02. The quantitative estimate of drug-likeness (QED) is 0.800. The molecule has 0 bridgehead atoms. The Labute approximate surface area is 118 Å². The molecule has 0 aliphatic heterocycles. The molecule has 0 aliphatic rings. The van der Waals surface area contributed by atoms with Gasteiger partial charge in [-0.1, -0.05) is 11.6 Å². The molecule has 2 aromatic heterocycles. The van der Waals surface area contributed by atoms with Crippen LogP contribution in [0, 0.1) is 6.92 Å². The van der Waals surface area contributed by atoms with Crippen LogP contribution in [0.1, 0.15) is 11.3 Å². The standard InChI is InChI=1S/C11H11BrClN3S/c1-7-8(10(13)16(2)15-7)6-17-11-9(12)4-3-5-14-11/h3-5H,6H2,1-2H3. The van der Waals surface area contributed by atoms with E-state index in [1.807, 2.05) is 26.1 Å². The van der Waals surface area contributed by atoms with E-state index >= 15 is 0 Å². The minimum absolute atomic E-state index is 0.696. The summed E-state index contributed by atoms with van der Waals surface area (Å²) < 4.78 is 2.70. The first-order valence-electron chi connectivity index (χ1n) is 5.01. The Morgan fingerprint density at radius 3 is 2.88 bits per heavy atom. The molecule has 3 nitrogen and oxygen atoms in total. The van der Waals surface area contributed by atoms with Crippen LogP contribution in [0.15, 0.2) is 27.8 Å². The predicted octanol–water partition coefficient (Wildman–Crippen LogP) is 3.83. The van der Waals surface area contributed by atoms with Crippen molar-refractivity contribution in [2.75, 3.05) is 0 Å². The summed E-state index contributed by atoms with van der Waals surface area (Å²) in [5, 5.41) is 5.95. The molecule has 0 fully saturated rings. The normalized spacial score (nSPS) is 10.8. The average Bonchev–Trinajstić information content (AvgIpc) is 2.53. The number of thioether (sulfide) groups is 1. The Bertz CT molecular complexity index is 542. The number of nitrogens with zero attached hydrogens (tertiary/aromatic N) is 3. The van der Waals surface area contributed by atoms with Gasteiger partial charge in [0.1, 0.15) is 10.2 Å². The Morgan fingerprint density at radius 2 is 2.29 bits per heavy atom. The molecule has 0 amide bonds. The van der Waals surface area contributed by atoms with E-state index < -0.39 is 0 Å². The minimum atomic E-state index is 0.696. The van der Waals surface area contributed by atoms with E-state index in [0.29, 0.717) is 5.15 Å². The molecule has 2 rings (SSSR count). The number of hydrogen-bond donors (Lipinski definition) is 0. The van der Waals surface area contributed by atoms with Crippen molar-refractivity contribution in [1.29, 1.82) is 0 Å². The van der Waals surface area contributed by atoms with Crippen molar-refractivity contribution in [3.63, 3.8) is 0 Å². The van der Waals surface area contributed by atoms with E-state index in [4.69, 9.17) is 11.6 Å². The lowest BCUT2D eigenvalue weighted by molar-refractivity contribution is 0.757. The summed E-state index contributed by atoms with van der Waals surface area (Å²) >= 11 is 11.3. The van der Waals surface area contributed by atoms with Crippen LogP contribution in [-0.2, 0) is 12.8 Å². The van der Waals surface area contributed by atoms with E-state index in [1.54, 1.807) is 22.6 Å². The fourth-order valence-electron chi connectivity index (χ4n) is 1.46. The highest BCUT2D eigenvalue weighted by atomic mass is 79.9. The number of rotatable bonds is 3. The zero-order chi connectivity index (χ0) is 12.4.